The summed E-state index contributed by atoms with van der Waals surface area (Å²) in [6, 6.07) is 7.52. The van der Waals surface area contributed by atoms with E-state index in [-0.39, 0.29) is 29.6 Å². The number of nitrogens with zero attached hydrogens (tertiary/aromatic N) is 2. The molecule has 1 fully saturated rings. The predicted octanol–water partition coefficient (Wildman–Crippen LogP) is 5.02. The molecule has 200 valence electrons. The lowest BCUT2D eigenvalue weighted by atomic mass is 9.89. The average Bonchev–Trinajstić information content (AvgIpc) is 3.47. The summed E-state index contributed by atoms with van der Waals surface area (Å²) in [5.41, 5.74) is 11.1. The number of likely N-dealkylation sites (tertiary alicyclic amines) is 1. The molecule has 7 nitrogen and oxygen atoms in total. The molecule has 0 bridgehead atoms. The number of aromatic nitrogens is 1. The van der Waals surface area contributed by atoms with Crippen LogP contribution in [0.15, 0.2) is 41.5 Å². The van der Waals surface area contributed by atoms with Crippen molar-refractivity contribution in [1.29, 1.82) is 0 Å². The summed E-state index contributed by atoms with van der Waals surface area (Å²) < 4.78 is 0. The molecular weight excluding hydrogens is 484 g/mol. The topological polar surface area (TPSA) is 105 Å². The third-order valence-corrected chi connectivity index (χ3v) is 7.77. The number of hydrogen-bond donors (Lipinski definition) is 2. The Kier molecular flexibility index (Phi) is 9.65. The average molecular weight is 525 g/mol. The van der Waals surface area contributed by atoms with Crippen molar-refractivity contribution in [2.24, 2.45) is 23.5 Å². The monoisotopic (exact) mass is 524 g/mol. The molecule has 0 radical (unpaired) electrons. The number of amides is 2. The largest absolute Gasteiger partial charge is 0.402 e. The van der Waals surface area contributed by atoms with Crippen molar-refractivity contribution < 1.29 is 14.4 Å². The van der Waals surface area contributed by atoms with Crippen LogP contribution in [0.5, 0.6) is 0 Å². The zero-order chi connectivity index (χ0) is 27.3. The van der Waals surface area contributed by atoms with Gasteiger partial charge in [-0.05, 0) is 56.1 Å². The lowest BCUT2D eigenvalue weighted by Crippen LogP contribution is -2.50. The molecule has 2 amide bonds. The number of carbonyl (C=O) groups excluding carboxylic acids is 3. The highest BCUT2D eigenvalue weighted by Crippen LogP contribution is 2.30. The van der Waals surface area contributed by atoms with Gasteiger partial charge in [-0.1, -0.05) is 52.0 Å². The molecule has 8 heteroatoms. The lowest BCUT2D eigenvalue weighted by Gasteiger charge is -2.30. The second-order valence-electron chi connectivity index (χ2n) is 10.8. The van der Waals surface area contributed by atoms with Crippen molar-refractivity contribution in [2.75, 3.05) is 6.54 Å². The van der Waals surface area contributed by atoms with Gasteiger partial charge >= 0.3 is 0 Å². The number of nitrogens with one attached hydrogen (secondary N) is 1. The minimum Gasteiger partial charge on any atom is -0.402 e. The van der Waals surface area contributed by atoms with Crippen molar-refractivity contribution >= 4 is 28.9 Å². The fourth-order valence-electron chi connectivity index (χ4n) is 4.99. The van der Waals surface area contributed by atoms with Gasteiger partial charge in [0.15, 0.2) is 5.78 Å². The summed E-state index contributed by atoms with van der Waals surface area (Å²) in [6.45, 7) is 12.1. The van der Waals surface area contributed by atoms with Crippen LogP contribution in [-0.4, -0.2) is 40.1 Å². The number of carbonyl (C=O) groups is 3. The Labute approximate surface area is 224 Å². The Morgan fingerprint density at radius 1 is 1.19 bits per heavy atom. The first-order valence-corrected chi connectivity index (χ1v) is 14.0. The molecule has 2 unspecified atom stereocenters. The van der Waals surface area contributed by atoms with E-state index in [0.29, 0.717) is 24.6 Å². The van der Waals surface area contributed by atoms with E-state index in [4.69, 9.17) is 5.73 Å². The molecule has 0 aliphatic carbocycles. The van der Waals surface area contributed by atoms with Gasteiger partial charge in [-0.15, -0.1) is 11.3 Å². The van der Waals surface area contributed by atoms with Crippen molar-refractivity contribution in [2.45, 2.75) is 72.9 Å². The normalized spacial score (nSPS) is 17.8. The van der Waals surface area contributed by atoms with Crippen LogP contribution in [-0.2, 0) is 14.4 Å². The van der Waals surface area contributed by atoms with E-state index < -0.39 is 12.0 Å². The molecule has 1 aromatic heterocycles. The maximum atomic E-state index is 13.5. The van der Waals surface area contributed by atoms with E-state index in [1.54, 1.807) is 23.2 Å². The number of benzene rings is 1. The Bertz CT molecular complexity index is 1130. The van der Waals surface area contributed by atoms with Crippen molar-refractivity contribution in [3.05, 3.63) is 52.8 Å². The van der Waals surface area contributed by atoms with Gasteiger partial charge in [0.2, 0.25) is 11.8 Å². The summed E-state index contributed by atoms with van der Waals surface area (Å²) >= 11 is 1.61. The smallest absolute Gasteiger partial charge is 0.243 e. The van der Waals surface area contributed by atoms with Gasteiger partial charge in [-0.2, -0.15) is 0 Å². The molecule has 1 aliphatic heterocycles. The van der Waals surface area contributed by atoms with Gasteiger partial charge < -0.3 is 16.0 Å². The molecule has 2 aromatic rings. The molecule has 3 rings (SSSR count). The number of hydrogen-bond acceptors (Lipinski definition) is 6. The van der Waals surface area contributed by atoms with Crippen LogP contribution in [0.2, 0.25) is 0 Å². The van der Waals surface area contributed by atoms with E-state index in [9.17, 15) is 14.4 Å². The zero-order valence-electron chi connectivity index (χ0n) is 22.8. The van der Waals surface area contributed by atoms with Gasteiger partial charge in [0.1, 0.15) is 12.0 Å². The van der Waals surface area contributed by atoms with Crippen molar-refractivity contribution in [3.63, 3.8) is 0 Å². The molecule has 0 spiro atoms. The zero-order valence-corrected chi connectivity index (χ0v) is 23.6. The summed E-state index contributed by atoms with van der Waals surface area (Å²) in [5.74, 6) is -1.45. The molecule has 3 N–H and O–H groups in total. The predicted molar refractivity (Wildman–Crippen MR) is 149 cm³/mol. The molecular formula is C29H40N4O3S. The van der Waals surface area contributed by atoms with Gasteiger partial charge in [-0.25, -0.2) is 4.98 Å². The molecule has 1 saturated heterocycles. The molecule has 2 heterocycles. The van der Waals surface area contributed by atoms with E-state index >= 15 is 0 Å². The van der Waals surface area contributed by atoms with E-state index in [1.165, 1.54) is 6.08 Å². The number of nitrogens with two attached hydrogens (primary N) is 1. The SMILES string of the molecule is CC(N)=CC(=O)C(C(=O)N1CCC[C@H]1C(=O)NC(CC(C)C)c1ccc(-c2scnc2C)cc1)C(C)C. The molecule has 0 saturated carbocycles. The highest BCUT2D eigenvalue weighted by Gasteiger charge is 2.40. The van der Waals surface area contributed by atoms with Gasteiger partial charge in [0, 0.05) is 18.3 Å². The van der Waals surface area contributed by atoms with Crippen molar-refractivity contribution in [1.82, 2.24) is 15.2 Å². The van der Waals surface area contributed by atoms with Crippen LogP contribution in [0, 0.1) is 24.7 Å². The highest BCUT2D eigenvalue weighted by atomic mass is 32.1. The minimum atomic E-state index is -0.846. The third-order valence-electron chi connectivity index (χ3n) is 6.79. The Morgan fingerprint density at radius 3 is 2.41 bits per heavy atom. The lowest BCUT2D eigenvalue weighted by molar-refractivity contribution is -0.146. The number of thiazole rings is 1. The Hall–Kier alpha value is -3.00. The first-order chi connectivity index (χ1) is 17.5. The number of rotatable bonds is 10. The van der Waals surface area contributed by atoms with E-state index in [0.717, 1.165) is 34.5 Å². The Morgan fingerprint density at radius 2 is 1.86 bits per heavy atom. The number of allylic oxidation sites excluding steroid dienone is 2. The Balaban J connectivity index is 1.79. The molecule has 1 aromatic carbocycles. The summed E-state index contributed by atoms with van der Waals surface area (Å²) in [6.07, 6.45) is 3.41. The van der Waals surface area contributed by atoms with Crippen molar-refractivity contribution in [3.8, 4) is 10.4 Å². The van der Waals surface area contributed by atoms with Crippen LogP contribution in [0.1, 0.15) is 71.2 Å². The quantitative estimate of drug-likeness (QED) is 0.335. The van der Waals surface area contributed by atoms with Crippen LogP contribution in [0.25, 0.3) is 10.4 Å². The van der Waals surface area contributed by atoms with Gasteiger partial charge in [0.25, 0.3) is 0 Å². The van der Waals surface area contributed by atoms with Crippen LogP contribution < -0.4 is 11.1 Å². The number of ketones is 1. The molecule has 3 atom stereocenters. The maximum absolute atomic E-state index is 13.5. The molecule has 37 heavy (non-hydrogen) atoms. The van der Waals surface area contributed by atoms with Crippen LogP contribution in [0.4, 0.5) is 0 Å². The molecule has 1 aliphatic rings. The van der Waals surface area contributed by atoms with E-state index in [1.807, 2.05) is 26.3 Å². The third kappa shape index (κ3) is 7.06. The van der Waals surface area contributed by atoms with E-state index in [2.05, 4.69) is 48.4 Å². The van der Waals surface area contributed by atoms with Gasteiger partial charge in [0.05, 0.1) is 22.1 Å². The standard InChI is InChI=1S/C29H40N4O3S/c1-17(2)14-23(21-9-11-22(12-10-21)27-20(6)31-16-37-27)32-28(35)24-8-7-13-33(24)29(36)26(18(3)4)25(34)15-19(5)30/h9-12,15-18,23-24,26H,7-8,13-14,30H2,1-6H3,(H,32,35)/t23?,24-,26?/m0/s1. The minimum absolute atomic E-state index is 0.167. The first-order valence-electron chi connectivity index (χ1n) is 13.1. The highest BCUT2D eigenvalue weighted by molar-refractivity contribution is 7.13. The fraction of sp³-hybridized carbons (Fsp3) is 0.517. The second kappa shape index (κ2) is 12.5. The fourth-order valence-corrected chi connectivity index (χ4v) is 5.81. The second-order valence-corrected chi connectivity index (χ2v) is 11.6. The van der Waals surface area contributed by atoms with Crippen LogP contribution in [0.3, 0.4) is 0 Å². The number of aryl methyl sites for hydroxylation is 1. The summed E-state index contributed by atoms with van der Waals surface area (Å²) in [7, 11) is 0. The maximum Gasteiger partial charge on any atom is 0.243 e. The first kappa shape index (κ1) is 28.6. The van der Waals surface area contributed by atoms with Crippen LogP contribution >= 0.6 is 11.3 Å². The summed E-state index contributed by atoms with van der Waals surface area (Å²) in [5, 5.41) is 3.23. The van der Waals surface area contributed by atoms with Gasteiger partial charge in [-0.3, -0.25) is 14.4 Å². The summed E-state index contributed by atoms with van der Waals surface area (Å²) in [4.78, 5) is 46.9.